The maximum atomic E-state index is 4.56. The highest BCUT2D eigenvalue weighted by Crippen LogP contribution is 2.21. The maximum absolute atomic E-state index is 4.56. The molecule has 0 aliphatic carbocycles. The van der Waals surface area contributed by atoms with Gasteiger partial charge in [-0.1, -0.05) is 0 Å². The van der Waals surface area contributed by atoms with E-state index < -0.39 is 0 Å². The van der Waals surface area contributed by atoms with Crippen LogP contribution in [0.2, 0.25) is 0 Å². The molecule has 0 aromatic carbocycles. The third-order valence-corrected chi connectivity index (χ3v) is 4.05. The molecule has 0 aliphatic heterocycles. The van der Waals surface area contributed by atoms with Gasteiger partial charge < -0.3 is 5.32 Å². The van der Waals surface area contributed by atoms with Crippen molar-refractivity contribution in [1.82, 2.24) is 34.8 Å². The third-order valence-electron chi connectivity index (χ3n) is 3.16. The molecule has 4 rings (SSSR count). The number of hydrogen-bond donors (Lipinski definition) is 1. The summed E-state index contributed by atoms with van der Waals surface area (Å²) in [5, 5.41) is 18.4. The van der Waals surface area contributed by atoms with Gasteiger partial charge in [0.15, 0.2) is 10.8 Å². The summed E-state index contributed by atoms with van der Waals surface area (Å²) in [7, 11) is 0. The van der Waals surface area contributed by atoms with Gasteiger partial charge in [0.25, 0.3) is 0 Å². The van der Waals surface area contributed by atoms with Gasteiger partial charge in [0.2, 0.25) is 5.65 Å². The van der Waals surface area contributed by atoms with Crippen molar-refractivity contribution in [2.24, 2.45) is 0 Å². The number of anilines is 1. The molecular weight excluding hydrogens is 312 g/mol. The predicted octanol–water partition coefficient (Wildman–Crippen LogP) is 1.96. The van der Waals surface area contributed by atoms with Gasteiger partial charge in [-0.05, 0) is 19.1 Å². The molecule has 0 unspecified atom stereocenters. The van der Waals surface area contributed by atoms with Crippen LogP contribution in [0.4, 0.5) is 5.69 Å². The molecule has 0 atom stereocenters. The molecule has 8 nitrogen and oxygen atoms in total. The van der Waals surface area contributed by atoms with Gasteiger partial charge in [0.05, 0.1) is 23.6 Å². The Bertz CT molecular complexity index is 946. The Hall–Kier alpha value is -2.94. The Morgan fingerprint density at radius 1 is 1.26 bits per heavy atom. The molecule has 0 amide bonds. The SMILES string of the molecule is Cc1cc(NCc2csc(-c3ncccn3)n2)c2nncn2n1. The lowest BCUT2D eigenvalue weighted by molar-refractivity contribution is 0.891. The molecule has 0 saturated carbocycles. The maximum Gasteiger partial charge on any atom is 0.200 e. The minimum atomic E-state index is 0.579. The smallest absolute Gasteiger partial charge is 0.200 e. The molecule has 114 valence electrons. The topological polar surface area (TPSA) is 93.8 Å². The van der Waals surface area contributed by atoms with E-state index in [0.29, 0.717) is 18.0 Å². The van der Waals surface area contributed by atoms with E-state index in [1.54, 1.807) is 29.3 Å². The van der Waals surface area contributed by atoms with Crippen molar-refractivity contribution < 1.29 is 0 Å². The van der Waals surface area contributed by atoms with Crippen molar-refractivity contribution in [2.45, 2.75) is 13.5 Å². The summed E-state index contributed by atoms with van der Waals surface area (Å²) >= 11 is 1.52. The molecule has 0 aliphatic rings. The van der Waals surface area contributed by atoms with Crippen LogP contribution in [-0.2, 0) is 6.54 Å². The normalized spacial score (nSPS) is 11.0. The summed E-state index contributed by atoms with van der Waals surface area (Å²) in [6.45, 7) is 2.51. The Morgan fingerprint density at radius 2 is 2.13 bits per heavy atom. The summed E-state index contributed by atoms with van der Waals surface area (Å²) in [4.78, 5) is 13.0. The van der Waals surface area contributed by atoms with Crippen LogP contribution in [0.25, 0.3) is 16.5 Å². The number of aryl methyl sites for hydroxylation is 1. The highest BCUT2D eigenvalue weighted by Gasteiger charge is 2.09. The number of rotatable bonds is 4. The molecule has 4 aromatic heterocycles. The molecule has 4 aromatic rings. The Kier molecular flexibility index (Phi) is 3.39. The summed E-state index contributed by atoms with van der Waals surface area (Å²) in [6, 6.07) is 3.73. The van der Waals surface area contributed by atoms with Crippen molar-refractivity contribution >= 4 is 22.7 Å². The summed E-state index contributed by atoms with van der Waals surface area (Å²) < 4.78 is 1.65. The van der Waals surface area contributed by atoms with Crippen LogP contribution in [0.5, 0.6) is 0 Å². The van der Waals surface area contributed by atoms with E-state index in [4.69, 9.17) is 0 Å². The van der Waals surface area contributed by atoms with Gasteiger partial charge in [0.1, 0.15) is 6.33 Å². The molecule has 0 saturated heterocycles. The van der Waals surface area contributed by atoms with E-state index in [1.807, 2.05) is 18.4 Å². The van der Waals surface area contributed by atoms with Crippen molar-refractivity contribution in [2.75, 3.05) is 5.32 Å². The second kappa shape index (κ2) is 5.69. The van der Waals surface area contributed by atoms with Crippen LogP contribution in [0.15, 0.2) is 36.2 Å². The second-order valence-corrected chi connectivity index (χ2v) is 5.73. The van der Waals surface area contributed by atoms with E-state index in [-0.39, 0.29) is 0 Å². The summed E-state index contributed by atoms with van der Waals surface area (Å²) in [5.74, 6) is 0.642. The fourth-order valence-electron chi connectivity index (χ4n) is 2.17. The van der Waals surface area contributed by atoms with Gasteiger partial charge in [-0.3, -0.25) is 0 Å². The molecule has 0 fully saturated rings. The lowest BCUT2D eigenvalue weighted by Gasteiger charge is -2.06. The van der Waals surface area contributed by atoms with Crippen molar-refractivity contribution in [3.05, 3.63) is 47.6 Å². The first-order valence-corrected chi connectivity index (χ1v) is 7.81. The number of nitrogens with zero attached hydrogens (tertiary/aromatic N) is 7. The van der Waals surface area contributed by atoms with Crippen molar-refractivity contribution in [1.29, 1.82) is 0 Å². The summed E-state index contributed by atoms with van der Waals surface area (Å²) in [6.07, 6.45) is 5.01. The molecule has 4 heterocycles. The van der Waals surface area contributed by atoms with Gasteiger partial charge >= 0.3 is 0 Å². The molecule has 0 spiro atoms. The third kappa shape index (κ3) is 2.73. The zero-order valence-electron chi connectivity index (χ0n) is 12.2. The van der Waals surface area contributed by atoms with E-state index >= 15 is 0 Å². The minimum Gasteiger partial charge on any atom is -0.376 e. The van der Waals surface area contributed by atoms with Crippen LogP contribution < -0.4 is 5.32 Å². The van der Waals surface area contributed by atoms with Crippen LogP contribution in [0.1, 0.15) is 11.4 Å². The van der Waals surface area contributed by atoms with Crippen LogP contribution in [-0.4, -0.2) is 34.8 Å². The predicted molar refractivity (Wildman–Crippen MR) is 86.0 cm³/mol. The number of thiazole rings is 1. The molecule has 0 bridgehead atoms. The zero-order valence-corrected chi connectivity index (χ0v) is 13.0. The monoisotopic (exact) mass is 324 g/mol. The van der Waals surface area contributed by atoms with Crippen LogP contribution >= 0.6 is 11.3 Å². The quantitative estimate of drug-likeness (QED) is 0.613. The van der Waals surface area contributed by atoms with Gasteiger partial charge in [0, 0.05) is 17.8 Å². The first-order chi connectivity index (χ1) is 11.3. The first kappa shape index (κ1) is 13.7. The van der Waals surface area contributed by atoms with Gasteiger partial charge in [-0.15, -0.1) is 21.5 Å². The highest BCUT2D eigenvalue weighted by molar-refractivity contribution is 7.13. The van der Waals surface area contributed by atoms with E-state index in [0.717, 1.165) is 22.1 Å². The number of hydrogen-bond acceptors (Lipinski definition) is 8. The number of aromatic nitrogens is 7. The largest absolute Gasteiger partial charge is 0.376 e. The first-order valence-electron chi connectivity index (χ1n) is 6.93. The average molecular weight is 324 g/mol. The Labute approximate surface area is 135 Å². The van der Waals surface area contributed by atoms with Crippen molar-refractivity contribution in [3.63, 3.8) is 0 Å². The van der Waals surface area contributed by atoms with Gasteiger partial charge in [-0.25, -0.2) is 15.0 Å². The fraction of sp³-hybridized carbons (Fsp3) is 0.143. The average Bonchev–Trinajstić information content (AvgIpc) is 3.22. The molecular formula is C14H12N8S. The number of fused-ring (bicyclic) bond motifs is 1. The lowest BCUT2D eigenvalue weighted by atomic mass is 10.3. The van der Waals surface area contributed by atoms with E-state index in [2.05, 4.69) is 35.6 Å². The molecule has 1 N–H and O–H groups in total. The molecule has 9 heteroatoms. The zero-order chi connectivity index (χ0) is 15.6. The Balaban J connectivity index is 1.55. The van der Waals surface area contributed by atoms with Gasteiger partial charge in [-0.2, -0.15) is 9.61 Å². The highest BCUT2D eigenvalue weighted by atomic mass is 32.1. The minimum absolute atomic E-state index is 0.579. The van der Waals surface area contributed by atoms with E-state index in [9.17, 15) is 0 Å². The number of nitrogens with one attached hydrogen (secondary N) is 1. The lowest BCUT2D eigenvalue weighted by Crippen LogP contribution is -2.04. The molecule has 23 heavy (non-hydrogen) atoms. The molecule has 0 radical (unpaired) electrons. The summed E-state index contributed by atoms with van der Waals surface area (Å²) in [5.41, 5.74) is 3.37. The standard InChI is InChI=1S/C14H12N8S/c1-9-5-11(13-20-18-8-22(13)21-9)17-6-10-7-23-14(19-10)12-15-3-2-4-16-12/h2-5,7-8,17H,6H2,1H3. The van der Waals surface area contributed by atoms with Crippen LogP contribution in [0.3, 0.4) is 0 Å². The van der Waals surface area contributed by atoms with Crippen LogP contribution in [0, 0.1) is 6.92 Å². The fourth-order valence-corrected chi connectivity index (χ4v) is 2.93. The Morgan fingerprint density at radius 3 is 3.00 bits per heavy atom. The second-order valence-electron chi connectivity index (χ2n) is 4.87. The van der Waals surface area contributed by atoms with Crippen molar-refractivity contribution in [3.8, 4) is 10.8 Å². The van der Waals surface area contributed by atoms with E-state index in [1.165, 1.54) is 11.3 Å².